The van der Waals surface area contributed by atoms with Crippen LogP contribution < -0.4 is 5.32 Å². The first kappa shape index (κ1) is 15.2. The Kier molecular flexibility index (Phi) is 4.38. The van der Waals surface area contributed by atoms with Crippen LogP contribution >= 0.6 is 0 Å². The van der Waals surface area contributed by atoms with E-state index >= 15 is 0 Å². The number of hydrogen-bond acceptors (Lipinski definition) is 2. The minimum absolute atomic E-state index is 0.0103. The van der Waals surface area contributed by atoms with Gasteiger partial charge in [-0.05, 0) is 30.4 Å². The van der Waals surface area contributed by atoms with Crippen molar-refractivity contribution in [2.75, 3.05) is 0 Å². The van der Waals surface area contributed by atoms with Gasteiger partial charge in [0.15, 0.2) is 0 Å². The predicted molar refractivity (Wildman–Crippen MR) is 93.4 cm³/mol. The summed E-state index contributed by atoms with van der Waals surface area (Å²) in [7, 11) is 0. The second kappa shape index (κ2) is 6.61. The molecular formula is C20H20N2O. The number of nitrogens with one attached hydrogen (secondary N) is 1. The van der Waals surface area contributed by atoms with Crippen LogP contribution in [0.5, 0.6) is 0 Å². The SMILES string of the molecule is CCC(NC(=O)c1nccc2ccccc12)c1ccc(C)cc1. The molecule has 1 unspecified atom stereocenters. The van der Waals surface area contributed by atoms with Gasteiger partial charge in [-0.3, -0.25) is 9.78 Å². The van der Waals surface area contributed by atoms with Gasteiger partial charge in [0.1, 0.15) is 5.69 Å². The Labute approximate surface area is 136 Å². The minimum atomic E-state index is -0.130. The highest BCUT2D eigenvalue weighted by Gasteiger charge is 2.16. The molecule has 0 fully saturated rings. The molecule has 3 aromatic rings. The zero-order valence-electron chi connectivity index (χ0n) is 13.4. The van der Waals surface area contributed by atoms with Crippen molar-refractivity contribution in [3.05, 3.63) is 77.6 Å². The van der Waals surface area contributed by atoms with Gasteiger partial charge in [-0.1, -0.05) is 61.0 Å². The van der Waals surface area contributed by atoms with Crippen molar-refractivity contribution >= 4 is 16.7 Å². The summed E-state index contributed by atoms with van der Waals surface area (Å²) in [6.45, 7) is 4.13. The van der Waals surface area contributed by atoms with Crippen molar-refractivity contribution in [1.29, 1.82) is 0 Å². The zero-order valence-corrected chi connectivity index (χ0v) is 13.4. The zero-order chi connectivity index (χ0) is 16.2. The van der Waals surface area contributed by atoms with Gasteiger partial charge in [-0.2, -0.15) is 0 Å². The number of benzene rings is 2. The summed E-state index contributed by atoms with van der Waals surface area (Å²) in [5.41, 5.74) is 2.81. The van der Waals surface area contributed by atoms with Gasteiger partial charge in [0, 0.05) is 11.6 Å². The summed E-state index contributed by atoms with van der Waals surface area (Å²) >= 11 is 0. The van der Waals surface area contributed by atoms with Gasteiger partial charge in [-0.25, -0.2) is 0 Å². The van der Waals surface area contributed by atoms with E-state index in [0.717, 1.165) is 22.8 Å². The lowest BCUT2D eigenvalue weighted by molar-refractivity contribution is 0.0932. The normalized spacial score (nSPS) is 12.1. The number of rotatable bonds is 4. The molecule has 1 N–H and O–H groups in total. The fraction of sp³-hybridized carbons (Fsp3) is 0.200. The van der Waals surface area contributed by atoms with Crippen LogP contribution in [0.4, 0.5) is 0 Å². The maximum Gasteiger partial charge on any atom is 0.271 e. The van der Waals surface area contributed by atoms with Crippen molar-refractivity contribution in [1.82, 2.24) is 10.3 Å². The Morgan fingerprint density at radius 2 is 1.83 bits per heavy atom. The number of aromatic nitrogens is 1. The Hall–Kier alpha value is -2.68. The summed E-state index contributed by atoms with van der Waals surface area (Å²) < 4.78 is 0. The predicted octanol–water partition coefficient (Wildman–Crippen LogP) is 4.42. The number of fused-ring (bicyclic) bond motifs is 1. The average molecular weight is 304 g/mol. The number of aryl methyl sites for hydroxylation is 1. The monoisotopic (exact) mass is 304 g/mol. The molecule has 1 amide bonds. The smallest absolute Gasteiger partial charge is 0.271 e. The molecule has 1 aromatic heterocycles. The van der Waals surface area contributed by atoms with Crippen LogP contribution in [0.1, 0.15) is 41.0 Å². The van der Waals surface area contributed by atoms with E-state index in [1.54, 1.807) is 6.20 Å². The molecule has 116 valence electrons. The number of carbonyl (C=O) groups is 1. The molecule has 0 saturated heterocycles. The highest BCUT2D eigenvalue weighted by molar-refractivity contribution is 6.05. The highest BCUT2D eigenvalue weighted by Crippen LogP contribution is 2.20. The Balaban J connectivity index is 1.88. The Morgan fingerprint density at radius 3 is 2.57 bits per heavy atom. The topological polar surface area (TPSA) is 42.0 Å². The van der Waals surface area contributed by atoms with E-state index in [2.05, 4.69) is 48.4 Å². The molecule has 1 atom stereocenters. The molecule has 3 nitrogen and oxygen atoms in total. The Bertz CT molecular complexity index is 819. The lowest BCUT2D eigenvalue weighted by atomic mass is 10.0. The van der Waals surface area contributed by atoms with E-state index in [0.29, 0.717) is 5.69 Å². The van der Waals surface area contributed by atoms with Crippen molar-refractivity contribution in [3.8, 4) is 0 Å². The first-order chi connectivity index (χ1) is 11.2. The van der Waals surface area contributed by atoms with E-state index in [4.69, 9.17) is 0 Å². The van der Waals surface area contributed by atoms with Crippen LogP contribution in [0.25, 0.3) is 10.8 Å². The summed E-state index contributed by atoms with van der Waals surface area (Å²) in [5.74, 6) is -0.130. The maximum atomic E-state index is 12.7. The molecule has 2 aromatic carbocycles. The summed E-state index contributed by atoms with van der Waals surface area (Å²) in [4.78, 5) is 17.0. The van der Waals surface area contributed by atoms with Crippen LogP contribution in [-0.2, 0) is 0 Å². The quantitative estimate of drug-likeness (QED) is 0.775. The van der Waals surface area contributed by atoms with Gasteiger partial charge < -0.3 is 5.32 Å². The second-order valence-electron chi connectivity index (χ2n) is 5.73. The molecule has 0 radical (unpaired) electrons. The molecule has 23 heavy (non-hydrogen) atoms. The number of nitrogens with zero attached hydrogens (tertiary/aromatic N) is 1. The standard InChI is InChI=1S/C20H20N2O/c1-3-18(16-10-8-14(2)9-11-16)22-20(23)19-17-7-5-4-6-15(17)12-13-21-19/h4-13,18H,3H2,1-2H3,(H,22,23). The molecule has 0 spiro atoms. The van der Waals surface area contributed by atoms with Crippen molar-refractivity contribution in [2.24, 2.45) is 0 Å². The first-order valence-electron chi connectivity index (χ1n) is 7.90. The largest absolute Gasteiger partial charge is 0.344 e. The molecule has 1 heterocycles. The number of pyridine rings is 1. The fourth-order valence-electron chi connectivity index (χ4n) is 2.75. The molecule has 0 saturated carbocycles. The van der Waals surface area contributed by atoms with Crippen molar-refractivity contribution < 1.29 is 4.79 Å². The third-order valence-corrected chi connectivity index (χ3v) is 4.08. The van der Waals surface area contributed by atoms with Gasteiger partial charge in [0.05, 0.1) is 6.04 Å². The number of carbonyl (C=O) groups excluding carboxylic acids is 1. The molecule has 3 rings (SSSR count). The van der Waals surface area contributed by atoms with Gasteiger partial charge in [0.25, 0.3) is 5.91 Å². The van der Waals surface area contributed by atoms with Gasteiger partial charge >= 0.3 is 0 Å². The molecule has 0 aliphatic heterocycles. The number of amides is 1. The third kappa shape index (κ3) is 3.24. The molecule has 0 aliphatic rings. The summed E-state index contributed by atoms with van der Waals surface area (Å²) in [6, 6.07) is 18.0. The molecule has 0 aliphatic carbocycles. The molecule has 3 heteroatoms. The van der Waals surface area contributed by atoms with Crippen molar-refractivity contribution in [3.63, 3.8) is 0 Å². The fourth-order valence-corrected chi connectivity index (χ4v) is 2.75. The van der Waals surface area contributed by atoms with Crippen molar-refractivity contribution in [2.45, 2.75) is 26.3 Å². The maximum absolute atomic E-state index is 12.7. The van der Waals surface area contributed by atoms with Crippen LogP contribution in [0.2, 0.25) is 0 Å². The van der Waals surface area contributed by atoms with E-state index in [1.807, 2.05) is 30.3 Å². The van der Waals surface area contributed by atoms with E-state index in [-0.39, 0.29) is 11.9 Å². The second-order valence-corrected chi connectivity index (χ2v) is 5.73. The average Bonchev–Trinajstić information content (AvgIpc) is 2.60. The van der Waals surface area contributed by atoms with Crippen LogP contribution in [0.15, 0.2) is 60.8 Å². The van der Waals surface area contributed by atoms with Gasteiger partial charge in [-0.15, -0.1) is 0 Å². The summed E-state index contributed by atoms with van der Waals surface area (Å²) in [5, 5.41) is 5.01. The van der Waals surface area contributed by atoms with E-state index in [1.165, 1.54) is 5.56 Å². The van der Waals surface area contributed by atoms with Crippen LogP contribution in [0, 0.1) is 6.92 Å². The minimum Gasteiger partial charge on any atom is -0.344 e. The lowest BCUT2D eigenvalue weighted by Gasteiger charge is -2.18. The van der Waals surface area contributed by atoms with Crippen LogP contribution in [-0.4, -0.2) is 10.9 Å². The van der Waals surface area contributed by atoms with E-state index < -0.39 is 0 Å². The molecular weight excluding hydrogens is 284 g/mol. The van der Waals surface area contributed by atoms with Crippen LogP contribution in [0.3, 0.4) is 0 Å². The highest BCUT2D eigenvalue weighted by atomic mass is 16.1. The van der Waals surface area contributed by atoms with E-state index in [9.17, 15) is 4.79 Å². The van der Waals surface area contributed by atoms with Gasteiger partial charge in [0.2, 0.25) is 0 Å². The Morgan fingerprint density at radius 1 is 1.09 bits per heavy atom. The first-order valence-corrected chi connectivity index (χ1v) is 7.90. The summed E-state index contributed by atoms with van der Waals surface area (Å²) in [6.07, 6.45) is 2.52. The third-order valence-electron chi connectivity index (χ3n) is 4.08. The number of hydrogen-bond donors (Lipinski definition) is 1. The molecule has 0 bridgehead atoms. The lowest BCUT2D eigenvalue weighted by Crippen LogP contribution is -2.29.